The van der Waals surface area contributed by atoms with Gasteiger partial charge in [0, 0.05) is 45.2 Å². The summed E-state index contributed by atoms with van der Waals surface area (Å²) in [6.07, 6.45) is 7.97. The summed E-state index contributed by atoms with van der Waals surface area (Å²) in [6, 6.07) is 8.87. The van der Waals surface area contributed by atoms with Gasteiger partial charge in [-0.1, -0.05) is 36.2 Å². The van der Waals surface area contributed by atoms with Crippen LogP contribution in [-0.2, 0) is 4.74 Å². The van der Waals surface area contributed by atoms with Crippen molar-refractivity contribution in [3.8, 4) is 0 Å². The maximum absolute atomic E-state index is 6.23. The van der Waals surface area contributed by atoms with E-state index in [0.29, 0.717) is 5.92 Å². The first-order chi connectivity index (χ1) is 15.2. The molecule has 1 aromatic carbocycles. The number of piperidine rings is 1. The molecule has 4 rings (SSSR count). The minimum Gasteiger partial charge on any atom is -0.373 e. The molecule has 0 spiro atoms. The maximum Gasteiger partial charge on any atom is 0.193 e. The number of aryl methyl sites for hydroxylation is 1. The molecule has 0 saturated carbocycles. The number of ether oxygens (including phenoxy) is 1. The van der Waals surface area contributed by atoms with Gasteiger partial charge in [0.05, 0.1) is 6.10 Å². The molecule has 3 unspecified atom stereocenters. The van der Waals surface area contributed by atoms with Crippen LogP contribution in [0, 0.1) is 18.8 Å². The van der Waals surface area contributed by atoms with Gasteiger partial charge in [0.15, 0.2) is 5.96 Å². The largest absolute Gasteiger partial charge is 0.373 e. The lowest BCUT2D eigenvalue weighted by atomic mass is 9.89. The number of nitrogens with zero attached hydrogens (tertiary/aromatic N) is 3. The Kier molecular flexibility index (Phi) is 10.6. The summed E-state index contributed by atoms with van der Waals surface area (Å²) in [5.41, 5.74) is 2.61. The van der Waals surface area contributed by atoms with E-state index in [-0.39, 0.29) is 30.1 Å². The molecule has 1 aromatic rings. The fourth-order valence-electron chi connectivity index (χ4n) is 5.47. The van der Waals surface area contributed by atoms with E-state index in [1.165, 1.54) is 62.9 Å². The highest BCUT2D eigenvalue weighted by Gasteiger charge is 2.29. The minimum atomic E-state index is 0. The van der Waals surface area contributed by atoms with Crippen LogP contribution in [0.15, 0.2) is 29.3 Å². The highest BCUT2D eigenvalue weighted by molar-refractivity contribution is 14.0. The van der Waals surface area contributed by atoms with Gasteiger partial charge < -0.3 is 19.9 Å². The van der Waals surface area contributed by atoms with Crippen molar-refractivity contribution in [2.24, 2.45) is 16.8 Å². The number of likely N-dealkylation sites (tertiary alicyclic amines) is 2. The number of halogens is 1. The third-order valence-electron chi connectivity index (χ3n) is 7.21. The Balaban J connectivity index is 0.00000289. The zero-order valence-corrected chi connectivity index (χ0v) is 22.4. The van der Waals surface area contributed by atoms with Gasteiger partial charge in [0.2, 0.25) is 0 Å². The predicted octanol–water partition coefficient (Wildman–Crippen LogP) is 4.85. The number of rotatable bonds is 6. The number of nitrogens with one attached hydrogen (secondary N) is 1. The summed E-state index contributed by atoms with van der Waals surface area (Å²) in [5, 5.41) is 3.57. The normalized spacial score (nSPS) is 27.2. The second kappa shape index (κ2) is 13.1. The number of benzene rings is 1. The quantitative estimate of drug-likeness (QED) is 0.310. The van der Waals surface area contributed by atoms with E-state index in [1.54, 1.807) is 0 Å². The molecule has 3 atom stereocenters. The van der Waals surface area contributed by atoms with Crippen LogP contribution in [0.25, 0.3) is 0 Å². The molecule has 0 radical (unpaired) electrons. The van der Waals surface area contributed by atoms with Crippen LogP contribution in [-0.4, -0.2) is 68.2 Å². The Morgan fingerprint density at radius 3 is 2.59 bits per heavy atom. The highest BCUT2D eigenvalue weighted by Crippen LogP contribution is 2.34. The van der Waals surface area contributed by atoms with Crippen LogP contribution in [0.5, 0.6) is 0 Å². The van der Waals surface area contributed by atoms with Crippen LogP contribution >= 0.6 is 24.0 Å². The summed E-state index contributed by atoms with van der Waals surface area (Å²) in [6.45, 7) is 13.1. The van der Waals surface area contributed by atoms with Gasteiger partial charge in [-0.15, -0.1) is 24.0 Å². The molecule has 6 heteroatoms. The van der Waals surface area contributed by atoms with Crippen molar-refractivity contribution in [1.29, 1.82) is 0 Å². The van der Waals surface area contributed by atoms with Crippen molar-refractivity contribution >= 4 is 29.9 Å². The van der Waals surface area contributed by atoms with Crippen molar-refractivity contribution in [2.75, 3.05) is 52.4 Å². The smallest absolute Gasteiger partial charge is 0.193 e. The first-order valence-electron chi connectivity index (χ1n) is 12.7. The molecule has 32 heavy (non-hydrogen) atoms. The summed E-state index contributed by atoms with van der Waals surface area (Å²) in [5.74, 6) is 2.34. The number of hydrogen-bond acceptors (Lipinski definition) is 3. The van der Waals surface area contributed by atoms with Gasteiger partial charge in [-0.05, 0) is 70.5 Å². The zero-order chi connectivity index (χ0) is 21.5. The molecule has 0 bridgehead atoms. The molecule has 0 amide bonds. The Bertz CT molecular complexity index is 704. The lowest BCUT2D eigenvalue weighted by Crippen LogP contribution is -2.41. The Morgan fingerprint density at radius 1 is 1.06 bits per heavy atom. The van der Waals surface area contributed by atoms with Gasteiger partial charge in [0.25, 0.3) is 0 Å². The van der Waals surface area contributed by atoms with Gasteiger partial charge in [-0.25, -0.2) is 0 Å². The molecule has 1 N–H and O–H groups in total. The molecule has 3 heterocycles. The van der Waals surface area contributed by atoms with Gasteiger partial charge >= 0.3 is 0 Å². The summed E-state index contributed by atoms with van der Waals surface area (Å²) in [7, 11) is 0. The second-order valence-electron chi connectivity index (χ2n) is 9.76. The number of aliphatic imine (C=N–C) groups is 1. The van der Waals surface area contributed by atoms with Gasteiger partial charge in [0.1, 0.15) is 0 Å². The first kappa shape index (κ1) is 25.8. The van der Waals surface area contributed by atoms with Gasteiger partial charge in [-0.3, -0.25) is 4.99 Å². The second-order valence-corrected chi connectivity index (χ2v) is 9.76. The van der Waals surface area contributed by atoms with Crippen molar-refractivity contribution in [1.82, 2.24) is 15.1 Å². The third kappa shape index (κ3) is 7.07. The molecule has 0 aromatic heterocycles. The van der Waals surface area contributed by atoms with Crippen molar-refractivity contribution in [3.05, 3.63) is 35.4 Å². The van der Waals surface area contributed by atoms with E-state index >= 15 is 0 Å². The van der Waals surface area contributed by atoms with Crippen LogP contribution in [0.1, 0.15) is 62.7 Å². The van der Waals surface area contributed by atoms with Crippen LogP contribution < -0.4 is 5.32 Å². The summed E-state index contributed by atoms with van der Waals surface area (Å²) in [4.78, 5) is 10.3. The van der Waals surface area contributed by atoms with E-state index in [4.69, 9.17) is 9.73 Å². The highest BCUT2D eigenvalue weighted by atomic mass is 127. The molecule has 3 saturated heterocycles. The minimum absolute atomic E-state index is 0. The Labute approximate surface area is 212 Å². The Morgan fingerprint density at radius 2 is 1.84 bits per heavy atom. The monoisotopic (exact) mass is 554 g/mol. The first-order valence-corrected chi connectivity index (χ1v) is 12.7. The van der Waals surface area contributed by atoms with E-state index < -0.39 is 0 Å². The molecule has 0 aliphatic carbocycles. The predicted molar refractivity (Wildman–Crippen MR) is 144 cm³/mol. The van der Waals surface area contributed by atoms with Crippen molar-refractivity contribution in [2.45, 2.75) is 58.5 Å². The van der Waals surface area contributed by atoms with Crippen LogP contribution in [0.4, 0.5) is 0 Å². The summed E-state index contributed by atoms with van der Waals surface area (Å²) >= 11 is 0. The zero-order valence-electron chi connectivity index (χ0n) is 20.1. The average molecular weight is 555 g/mol. The van der Waals surface area contributed by atoms with Crippen LogP contribution in [0.3, 0.4) is 0 Å². The van der Waals surface area contributed by atoms with Crippen molar-refractivity contribution < 1.29 is 4.74 Å². The lowest BCUT2D eigenvalue weighted by Gasteiger charge is -2.32. The van der Waals surface area contributed by atoms with E-state index in [2.05, 4.69) is 53.2 Å². The van der Waals surface area contributed by atoms with E-state index in [0.717, 1.165) is 51.1 Å². The lowest BCUT2D eigenvalue weighted by molar-refractivity contribution is -0.0250. The maximum atomic E-state index is 6.23. The van der Waals surface area contributed by atoms with Gasteiger partial charge in [-0.2, -0.15) is 0 Å². The number of hydrogen-bond donors (Lipinski definition) is 1. The Hall–Kier alpha value is -0.860. The fourth-order valence-corrected chi connectivity index (χ4v) is 5.47. The fraction of sp³-hybridized carbons (Fsp3) is 0.731. The van der Waals surface area contributed by atoms with Crippen molar-refractivity contribution in [3.63, 3.8) is 0 Å². The SMILES string of the molecule is CCNC(=NCC1CCCOC1c1ccc(C)cc1)N1CCC(CN2CCCCC2)C1.I. The standard InChI is InChI=1S/C26H42N4O.HI/c1-3-27-26(30-16-13-22(20-30)19-29-14-5-4-6-15-29)28-18-24-8-7-17-31-25(24)23-11-9-21(2)10-12-23;/h9-12,22,24-25H,3-8,13-20H2,1-2H3,(H,27,28);1H. The molecular weight excluding hydrogens is 511 g/mol. The molecular formula is C26H43IN4O. The molecule has 5 nitrogen and oxygen atoms in total. The third-order valence-corrected chi connectivity index (χ3v) is 7.21. The molecule has 180 valence electrons. The molecule has 3 fully saturated rings. The topological polar surface area (TPSA) is 40.1 Å². The average Bonchev–Trinajstić information content (AvgIpc) is 3.26. The van der Waals surface area contributed by atoms with Crippen LogP contribution in [0.2, 0.25) is 0 Å². The molecule has 3 aliphatic rings. The van der Waals surface area contributed by atoms with E-state index in [9.17, 15) is 0 Å². The number of guanidine groups is 1. The summed E-state index contributed by atoms with van der Waals surface area (Å²) < 4.78 is 6.23. The molecule has 3 aliphatic heterocycles. The van der Waals surface area contributed by atoms with E-state index in [1.807, 2.05) is 0 Å².